The van der Waals surface area contributed by atoms with Crippen molar-refractivity contribution in [1.82, 2.24) is 4.31 Å². The fraction of sp³-hybridized carbons (Fsp3) is 0.533. The SMILES string of the molecule is COc1ccc(S(=O)(=O)N2C3CCC(CC3)[C@@H]2C(=O)O)cc1. The lowest BCUT2D eigenvalue weighted by Gasteiger charge is -2.48. The second-order valence-corrected chi connectivity index (χ2v) is 7.71. The van der Waals surface area contributed by atoms with E-state index in [9.17, 15) is 18.3 Å². The summed E-state index contributed by atoms with van der Waals surface area (Å²) in [5, 5.41) is 9.50. The van der Waals surface area contributed by atoms with Crippen molar-refractivity contribution in [3.05, 3.63) is 24.3 Å². The number of carbonyl (C=O) groups is 1. The molecule has 7 heteroatoms. The molecule has 1 atom stereocenters. The number of hydrogen-bond acceptors (Lipinski definition) is 4. The first-order chi connectivity index (χ1) is 10.4. The van der Waals surface area contributed by atoms with E-state index in [2.05, 4.69) is 0 Å². The van der Waals surface area contributed by atoms with Gasteiger partial charge in [-0.1, -0.05) is 0 Å². The lowest BCUT2D eigenvalue weighted by Crippen LogP contribution is -2.60. The summed E-state index contributed by atoms with van der Waals surface area (Å²) in [4.78, 5) is 11.7. The van der Waals surface area contributed by atoms with Gasteiger partial charge in [0.25, 0.3) is 0 Å². The zero-order chi connectivity index (χ0) is 15.9. The van der Waals surface area contributed by atoms with Gasteiger partial charge in [-0.2, -0.15) is 4.31 Å². The Hall–Kier alpha value is -1.60. The third-order valence-electron chi connectivity index (χ3n) is 4.71. The fourth-order valence-corrected chi connectivity index (χ4v) is 5.52. The molecule has 1 saturated carbocycles. The Morgan fingerprint density at radius 2 is 1.77 bits per heavy atom. The van der Waals surface area contributed by atoms with Gasteiger partial charge in [-0.05, 0) is 55.9 Å². The highest BCUT2D eigenvalue weighted by Crippen LogP contribution is 2.42. The number of hydrogen-bond donors (Lipinski definition) is 1. The minimum Gasteiger partial charge on any atom is -0.497 e. The highest BCUT2D eigenvalue weighted by molar-refractivity contribution is 7.89. The van der Waals surface area contributed by atoms with Gasteiger partial charge in [0.05, 0.1) is 12.0 Å². The average molecular weight is 325 g/mol. The molecule has 3 aliphatic rings. The Labute approximate surface area is 129 Å². The van der Waals surface area contributed by atoms with Gasteiger partial charge in [-0.25, -0.2) is 8.42 Å². The van der Waals surface area contributed by atoms with Crippen LogP contribution >= 0.6 is 0 Å². The maximum atomic E-state index is 12.9. The Bertz CT molecular complexity index is 662. The number of benzene rings is 1. The predicted molar refractivity (Wildman–Crippen MR) is 79.2 cm³/mol. The second-order valence-electron chi connectivity index (χ2n) is 5.86. The van der Waals surface area contributed by atoms with E-state index in [1.165, 1.54) is 23.5 Å². The van der Waals surface area contributed by atoms with Crippen molar-refractivity contribution in [2.24, 2.45) is 5.92 Å². The number of piperidine rings is 2. The fourth-order valence-electron chi connectivity index (χ4n) is 3.63. The number of nitrogens with zero attached hydrogens (tertiary/aromatic N) is 1. The van der Waals surface area contributed by atoms with Crippen LogP contribution in [-0.4, -0.2) is 43.0 Å². The second kappa shape index (κ2) is 5.55. The van der Waals surface area contributed by atoms with Crippen LogP contribution in [-0.2, 0) is 14.8 Å². The van der Waals surface area contributed by atoms with Gasteiger partial charge >= 0.3 is 5.97 Å². The van der Waals surface area contributed by atoms with Crippen molar-refractivity contribution >= 4 is 16.0 Å². The summed E-state index contributed by atoms with van der Waals surface area (Å²) in [6.45, 7) is 0. The zero-order valence-electron chi connectivity index (χ0n) is 12.3. The van der Waals surface area contributed by atoms with Crippen LogP contribution in [0.3, 0.4) is 0 Å². The predicted octanol–water partition coefficient (Wildman–Crippen LogP) is 1.71. The summed E-state index contributed by atoms with van der Waals surface area (Å²) in [6, 6.07) is 4.93. The first kappa shape index (κ1) is 15.3. The zero-order valence-corrected chi connectivity index (χ0v) is 13.1. The van der Waals surface area contributed by atoms with Gasteiger partial charge in [0.15, 0.2) is 0 Å². The van der Waals surface area contributed by atoms with E-state index < -0.39 is 22.0 Å². The average Bonchev–Trinajstić information content (AvgIpc) is 2.55. The van der Waals surface area contributed by atoms with Crippen molar-refractivity contribution in [1.29, 1.82) is 0 Å². The first-order valence-corrected chi connectivity index (χ1v) is 8.79. The first-order valence-electron chi connectivity index (χ1n) is 7.35. The molecule has 2 saturated heterocycles. The molecule has 2 heterocycles. The number of fused-ring (bicyclic) bond motifs is 3. The van der Waals surface area contributed by atoms with Crippen molar-refractivity contribution in [2.45, 2.75) is 42.7 Å². The van der Waals surface area contributed by atoms with Crippen LogP contribution in [0, 0.1) is 5.92 Å². The Morgan fingerprint density at radius 1 is 1.18 bits per heavy atom. The Morgan fingerprint density at radius 3 is 2.27 bits per heavy atom. The minimum absolute atomic E-state index is 0.0875. The standard InChI is InChI=1S/C15H19NO5S/c1-21-12-6-8-13(9-7-12)22(19,20)16-11-4-2-10(3-5-11)14(16)15(17)18/h6-11,14H,2-5H2,1H3,(H,17,18)/t10?,11?,14-/m1/s1. The van der Waals surface area contributed by atoms with Crippen LogP contribution in [0.25, 0.3) is 0 Å². The summed E-state index contributed by atoms with van der Waals surface area (Å²) in [6.07, 6.45) is 3.06. The molecule has 3 fully saturated rings. The third-order valence-corrected chi connectivity index (χ3v) is 6.66. The van der Waals surface area contributed by atoms with Crippen LogP contribution in [0.2, 0.25) is 0 Å². The summed E-state index contributed by atoms with van der Waals surface area (Å²) in [5.41, 5.74) is 0. The molecule has 1 N–H and O–H groups in total. The van der Waals surface area contributed by atoms with Gasteiger partial charge in [-0.15, -0.1) is 0 Å². The van der Waals surface area contributed by atoms with Crippen molar-refractivity contribution in [2.75, 3.05) is 7.11 Å². The summed E-state index contributed by atoms with van der Waals surface area (Å²) < 4.78 is 32.1. The highest BCUT2D eigenvalue weighted by atomic mass is 32.2. The molecule has 2 bridgehead atoms. The maximum Gasteiger partial charge on any atom is 0.322 e. The molecule has 1 aliphatic carbocycles. The third kappa shape index (κ3) is 2.38. The molecular formula is C15H19NO5S. The molecule has 6 nitrogen and oxygen atoms in total. The van der Waals surface area contributed by atoms with E-state index in [0.29, 0.717) is 5.75 Å². The normalized spacial score (nSPS) is 28.5. The number of sulfonamides is 1. The molecule has 22 heavy (non-hydrogen) atoms. The van der Waals surface area contributed by atoms with Crippen molar-refractivity contribution in [3.8, 4) is 5.75 Å². The van der Waals surface area contributed by atoms with E-state index in [4.69, 9.17) is 4.74 Å². The molecule has 2 aliphatic heterocycles. The molecule has 0 radical (unpaired) electrons. The van der Waals surface area contributed by atoms with Crippen LogP contribution in [0.4, 0.5) is 0 Å². The largest absolute Gasteiger partial charge is 0.497 e. The summed E-state index contributed by atoms with van der Waals surface area (Å²) in [7, 11) is -2.31. The quantitative estimate of drug-likeness (QED) is 0.911. The molecule has 4 rings (SSSR count). The lowest BCUT2D eigenvalue weighted by molar-refractivity contribution is -0.147. The number of carboxylic acid groups (broad SMARTS) is 1. The molecule has 0 amide bonds. The van der Waals surface area contributed by atoms with Crippen molar-refractivity contribution < 1.29 is 23.1 Å². The number of aliphatic carboxylic acids is 1. The van der Waals surface area contributed by atoms with E-state index in [1.54, 1.807) is 12.1 Å². The number of carboxylic acids is 1. The van der Waals surface area contributed by atoms with E-state index in [-0.39, 0.29) is 16.9 Å². The van der Waals surface area contributed by atoms with Gasteiger partial charge < -0.3 is 9.84 Å². The molecule has 0 aromatic heterocycles. The van der Waals surface area contributed by atoms with Crippen LogP contribution < -0.4 is 4.74 Å². The molecular weight excluding hydrogens is 306 g/mol. The van der Waals surface area contributed by atoms with Gasteiger partial charge in [-0.3, -0.25) is 4.79 Å². The number of methoxy groups -OCH3 is 1. The highest BCUT2D eigenvalue weighted by Gasteiger charge is 2.51. The van der Waals surface area contributed by atoms with E-state index >= 15 is 0 Å². The molecule has 0 unspecified atom stereocenters. The van der Waals surface area contributed by atoms with Crippen LogP contribution in [0.1, 0.15) is 25.7 Å². The van der Waals surface area contributed by atoms with E-state index in [1.807, 2.05) is 0 Å². The smallest absolute Gasteiger partial charge is 0.322 e. The Kier molecular flexibility index (Phi) is 3.86. The Balaban J connectivity index is 2.00. The molecule has 120 valence electrons. The monoisotopic (exact) mass is 325 g/mol. The van der Waals surface area contributed by atoms with Gasteiger partial charge in [0.2, 0.25) is 10.0 Å². The number of ether oxygens (including phenoxy) is 1. The maximum absolute atomic E-state index is 12.9. The lowest BCUT2D eigenvalue weighted by atomic mass is 9.76. The molecule has 0 spiro atoms. The van der Waals surface area contributed by atoms with Crippen molar-refractivity contribution in [3.63, 3.8) is 0 Å². The van der Waals surface area contributed by atoms with Gasteiger partial charge in [0, 0.05) is 6.04 Å². The van der Waals surface area contributed by atoms with Crippen LogP contribution in [0.15, 0.2) is 29.2 Å². The minimum atomic E-state index is -3.82. The number of rotatable bonds is 4. The van der Waals surface area contributed by atoms with Crippen LogP contribution in [0.5, 0.6) is 5.75 Å². The molecule has 1 aromatic rings. The van der Waals surface area contributed by atoms with E-state index in [0.717, 1.165) is 25.7 Å². The van der Waals surface area contributed by atoms with Gasteiger partial charge in [0.1, 0.15) is 11.8 Å². The summed E-state index contributed by atoms with van der Waals surface area (Å²) >= 11 is 0. The topological polar surface area (TPSA) is 83.9 Å². The summed E-state index contributed by atoms with van der Waals surface area (Å²) in [5.74, 6) is -0.573. The molecule has 1 aromatic carbocycles.